The third kappa shape index (κ3) is 5.24. The summed E-state index contributed by atoms with van der Waals surface area (Å²) in [5, 5.41) is 27.3. The number of hydrogen-bond acceptors (Lipinski definition) is 7. The van der Waals surface area contributed by atoms with Gasteiger partial charge < -0.3 is 10.2 Å². The minimum Gasteiger partial charge on any atom is -0.386 e. The lowest BCUT2D eigenvalue weighted by Gasteiger charge is -2.06. The van der Waals surface area contributed by atoms with Crippen molar-refractivity contribution in [3.8, 4) is 0 Å². The van der Waals surface area contributed by atoms with Crippen LogP contribution in [0.25, 0.3) is 0 Å². The molecule has 0 radical (unpaired) electrons. The number of halogens is 1. The van der Waals surface area contributed by atoms with E-state index in [0.29, 0.717) is 5.56 Å². The van der Waals surface area contributed by atoms with Crippen LogP contribution in [0.15, 0.2) is 47.6 Å². The summed E-state index contributed by atoms with van der Waals surface area (Å²) < 4.78 is 0. The number of amides is 1. The third-order valence-corrected chi connectivity index (χ3v) is 3.30. The topological polar surface area (TPSA) is 137 Å². The van der Waals surface area contributed by atoms with Crippen LogP contribution in [0, 0.1) is 20.2 Å². The van der Waals surface area contributed by atoms with E-state index in [1.54, 1.807) is 6.07 Å². The molecular formula is C15H11ClN4O6. The van der Waals surface area contributed by atoms with Crippen molar-refractivity contribution < 1.29 is 19.5 Å². The van der Waals surface area contributed by atoms with Crippen LogP contribution in [-0.2, 0) is 9.63 Å². The molecule has 0 unspecified atom stereocenters. The Morgan fingerprint density at radius 1 is 1.15 bits per heavy atom. The van der Waals surface area contributed by atoms with E-state index < -0.39 is 22.4 Å². The van der Waals surface area contributed by atoms with Crippen molar-refractivity contribution in [2.75, 3.05) is 11.9 Å². The van der Waals surface area contributed by atoms with Crippen LogP contribution in [-0.4, -0.2) is 28.6 Å². The lowest BCUT2D eigenvalue weighted by molar-refractivity contribution is -0.385. The number of nitro benzene ring substituents is 2. The van der Waals surface area contributed by atoms with Crippen LogP contribution in [0.1, 0.15) is 5.56 Å². The fourth-order valence-electron chi connectivity index (χ4n) is 1.82. The molecule has 0 fully saturated rings. The summed E-state index contributed by atoms with van der Waals surface area (Å²) in [5.41, 5.74) is 0.317. The van der Waals surface area contributed by atoms with Crippen molar-refractivity contribution in [2.45, 2.75) is 0 Å². The van der Waals surface area contributed by atoms with Crippen LogP contribution in [0.4, 0.5) is 17.1 Å². The molecule has 0 aliphatic heterocycles. The van der Waals surface area contributed by atoms with Gasteiger partial charge in [0.25, 0.3) is 17.3 Å². The highest BCUT2D eigenvalue weighted by Crippen LogP contribution is 2.26. The Balaban J connectivity index is 1.88. The Morgan fingerprint density at radius 2 is 1.85 bits per heavy atom. The van der Waals surface area contributed by atoms with E-state index in [1.807, 2.05) is 0 Å². The largest absolute Gasteiger partial charge is 0.386 e. The molecule has 0 saturated carbocycles. The second-order valence-corrected chi connectivity index (χ2v) is 5.24. The first-order valence-corrected chi connectivity index (χ1v) is 7.38. The van der Waals surface area contributed by atoms with Crippen LogP contribution >= 0.6 is 11.6 Å². The third-order valence-electron chi connectivity index (χ3n) is 2.99. The zero-order chi connectivity index (χ0) is 19.1. The molecule has 2 aromatic carbocycles. The van der Waals surface area contributed by atoms with Crippen molar-refractivity contribution in [1.29, 1.82) is 0 Å². The van der Waals surface area contributed by atoms with Crippen LogP contribution < -0.4 is 5.32 Å². The summed E-state index contributed by atoms with van der Waals surface area (Å²) in [6, 6.07) is 9.30. The molecule has 1 N–H and O–H groups in total. The summed E-state index contributed by atoms with van der Waals surface area (Å²) in [5.74, 6) is -0.586. The van der Waals surface area contributed by atoms with Gasteiger partial charge in [0.15, 0.2) is 6.61 Å². The average Bonchev–Trinajstić information content (AvgIpc) is 2.60. The van der Waals surface area contributed by atoms with Gasteiger partial charge in [-0.3, -0.25) is 25.0 Å². The van der Waals surface area contributed by atoms with E-state index >= 15 is 0 Å². The monoisotopic (exact) mass is 378 g/mol. The van der Waals surface area contributed by atoms with Gasteiger partial charge in [0, 0.05) is 29.8 Å². The van der Waals surface area contributed by atoms with E-state index in [9.17, 15) is 25.0 Å². The van der Waals surface area contributed by atoms with Gasteiger partial charge in [-0.1, -0.05) is 28.9 Å². The molecule has 10 nitrogen and oxygen atoms in total. The minimum absolute atomic E-state index is 0.00708. The zero-order valence-electron chi connectivity index (χ0n) is 13.0. The van der Waals surface area contributed by atoms with E-state index in [1.165, 1.54) is 36.5 Å². The molecule has 0 aliphatic carbocycles. The fourth-order valence-corrected chi connectivity index (χ4v) is 2.04. The number of nitro groups is 2. The summed E-state index contributed by atoms with van der Waals surface area (Å²) in [6.45, 7) is -0.446. The molecule has 0 aliphatic rings. The Kier molecular flexibility index (Phi) is 6.17. The molecule has 0 aromatic heterocycles. The highest BCUT2D eigenvalue weighted by Gasteiger charge is 2.11. The highest BCUT2D eigenvalue weighted by molar-refractivity contribution is 6.34. The first-order valence-electron chi connectivity index (χ1n) is 7.00. The molecule has 2 aromatic rings. The van der Waals surface area contributed by atoms with E-state index in [0.717, 1.165) is 6.07 Å². The van der Waals surface area contributed by atoms with Gasteiger partial charge in [-0.15, -0.1) is 0 Å². The number of benzene rings is 2. The number of non-ortho nitro benzene ring substituents is 2. The maximum atomic E-state index is 11.7. The number of rotatable bonds is 7. The van der Waals surface area contributed by atoms with Crippen molar-refractivity contribution >= 4 is 40.8 Å². The number of carbonyl (C=O) groups is 1. The second-order valence-electron chi connectivity index (χ2n) is 4.83. The van der Waals surface area contributed by atoms with Crippen LogP contribution in [0.2, 0.25) is 5.02 Å². The van der Waals surface area contributed by atoms with E-state index in [2.05, 4.69) is 10.5 Å². The van der Waals surface area contributed by atoms with Gasteiger partial charge >= 0.3 is 0 Å². The quantitative estimate of drug-likeness (QED) is 0.446. The van der Waals surface area contributed by atoms with Gasteiger partial charge in [-0.25, -0.2) is 0 Å². The predicted octanol–water partition coefficient (Wildman–Crippen LogP) is 3.15. The van der Waals surface area contributed by atoms with E-state index in [4.69, 9.17) is 16.4 Å². The number of hydrogen-bond donors (Lipinski definition) is 1. The van der Waals surface area contributed by atoms with Crippen molar-refractivity contribution in [2.24, 2.45) is 5.16 Å². The number of anilines is 1. The van der Waals surface area contributed by atoms with Gasteiger partial charge in [-0.05, 0) is 6.07 Å². The Hall–Kier alpha value is -3.53. The maximum Gasteiger partial charge on any atom is 0.271 e. The molecule has 0 saturated heterocycles. The lowest BCUT2D eigenvalue weighted by Crippen LogP contribution is -2.17. The lowest BCUT2D eigenvalue weighted by atomic mass is 10.2. The van der Waals surface area contributed by atoms with Crippen molar-refractivity contribution in [3.05, 3.63) is 73.3 Å². The smallest absolute Gasteiger partial charge is 0.271 e. The first-order chi connectivity index (χ1) is 12.4. The first kappa shape index (κ1) is 18.8. The normalized spacial score (nSPS) is 10.5. The molecule has 2 rings (SSSR count). The summed E-state index contributed by atoms with van der Waals surface area (Å²) in [7, 11) is 0. The van der Waals surface area contributed by atoms with Gasteiger partial charge in [0.05, 0.1) is 26.8 Å². The molecule has 26 heavy (non-hydrogen) atoms. The number of nitrogens with one attached hydrogen (secondary N) is 1. The molecule has 11 heteroatoms. The standard InChI is InChI=1S/C15H11ClN4O6/c16-13-7-12(20(24)25)4-5-14(13)18-15(21)9-26-17-8-10-2-1-3-11(6-10)19(22)23/h1-8H,9H2,(H,18,21). The van der Waals surface area contributed by atoms with Crippen LogP contribution in [0.5, 0.6) is 0 Å². The molecule has 0 spiro atoms. The number of oxime groups is 1. The average molecular weight is 379 g/mol. The van der Waals surface area contributed by atoms with E-state index in [-0.39, 0.29) is 22.1 Å². The molecule has 0 heterocycles. The SMILES string of the molecule is O=C(CON=Cc1cccc([N+](=O)[O-])c1)Nc1ccc([N+](=O)[O-])cc1Cl. The fraction of sp³-hybridized carbons (Fsp3) is 0.0667. The summed E-state index contributed by atoms with van der Waals surface area (Å²) >= 11 is 5.85. The predicted molar refractivity (Wildman–Crippen MR) is 93.4 cm³/mol. The number of carbonyl (C=O) groups excluding carboxylic acids is 1. The van der Waals surface area contributed by atoms with Gasteiger partial charge in [-0.2, -0.15) is 0 Å². The highest BCUT2D eigenvalue weighted by atomic mass is 35.5. The zero-order valence-corrected chi connectivity index (χ0v) is 13.8. The summed E-state index contributed by atoms with van der Waals surface area (Å²) in [6.07, 6.45) is 1.22. The van der Waals surface area contributed by atoms with Gasteiger partial charge in [0.1, 0.15) is 0 Å². The molecule has 0 bridgehead atoms. The second kappa shape index (κ2) is 8.53. The van der Waals surface area contributed by atoms with Crippen molar-refractivity contribution in [3.63, 3.8) is 0 Å². The molecule has 1 amide bonds. The Bertz CT molecular complexity index is 886. The molecule has 0 atom stereocenters. The summed E-state index contributed by atoms with van der Waals surface area (Å²) in [4.78, 5) is 36.7. The Morgan fingerprint density at radius 3 is 2.50 bits per heavy atom. The van der Waals surface area contributed by atoms with Gasteiger partial charge in [0.2, 0.25) is 0 Å². The minimum atomic E-state index is -0.608. The molecular weight excluding hydrogens is 368 g/mol. The maximum absolute atomic E-state index is 11.7. The Labute approximate surface area is 151 Å². The van der Waals surface area contributed by atoms with Crippen LogP contribution in [0.3, 0.4) is 0 Å². The van der Waals surface area contributed by atoms with Crippen molar-refractivity contribution in [1.82, 2.24) is 0 Å². The molecule has 134 valence electrons. The number of nitrogens with zero attached hydrogens (tertiary/aromatic N) is 3.